The van der Waals surface area contributed by atoms with Crippen LogP contribution in [-0.2, 0) is 6.42 Å². The Kier molecular flexibility index (Phi) is 3.56. The summed E-state index contributed by atoms with van der Waals surface area (Å²) in [6.07, 6.45) is 0.805. The van der Waals surface area contributed by atoms with Crippen molar-refractivity contribution < 1.29 is 0 Å². The van der Waals surface area contributed by atoms with Crippen LogP contribution >= 0.6 is 38.9 Å². The van der Waals surface area contributed by atoms with Crippen LogP contribution < -0.4 is 0 Å². The lowest BCUT2D eigenvalue weighted by atomic mass is 10.3. The highest BCUT2D eigenvalue weighted by atomic mass is 79.9. The fourth-order valence-corrected chi connectivity index (χ4v) is 2.52. The number of rotatable bonds is 2. The van der Waals surface area contributed by atoms with Crippen LogP contribution in [-0.4, -0.2) is 15.0 Å². The van der Waals surface area contributed by atoms with Gasteiger partial charge in [-0.3, -0.25) is 0 Å². The van der Waals surface area contributed by atoms with E-state index in [2.05, 4.69) is 30.9 Å². The molecule has 2 heterocycles. The van der Waals surface area contributed by atoms with Crippen LogP contribution in [0.3, 0.4) is 0 Å². The van der Waals surface area contributed by atoms with Crippen molar-refractivity contribution in [2.75, 3.05) is 0 Å². The molecule has 3 nitrogen and oxygen atoms in total. The van der Waals surface area contributed by atoms with E-state index in [1.54, 1.807) is 11.3 Å². The molecule has 2 aromatic heterocycles. The van der Waals surface area contributed by atoms with Gasteiger partial charge in [-0.15, -0.1) is 11.3 Å². The highest BCUT2D eigenvalue weighted by molar-refractivity contribution is 9.10. The van der Waals surface area contributed by atoms with Crippen molar-refractivity contribution >= 4 is 38.9 Å². The molecule has 0 saturated carbocycles. The van der Waals surface area contributed by atoms with E-state index in [0.29, 0.717) is 11.0 Å². The number of thiazole rings is 1. The quantitative estimate of drug-likeness (QED) is 0.789. The molecule has 0 amide bonds. The number of halogens is 2. The molecule has 0 aliphatic heterocycles. The molecule has 0 aliphatic carbocycles. The van der Waals surface area contributed by atoms with Gasteiger partial charge in [0.1, 0.15) is 10.8 Å². The van der Waals surface area contributed by atoms with Crippen molar-refractivity contribution in [3.8, 4) is 11.5 Å². The van der Waals surface area contributed by atoms with Gasteiger partial charge < -0.3 is 0 Å². The van der Waals surface area contributed by atoms with Gasteiger partial charge in [0.25, 0.3) is 0 Å². The van der Waals surface area contributed by atoms with Gasteiger partial charge in [-0.25, -0.2) is 15.0 Å². The molecule has 0 saturated heterocycles. The molecule has 0 fully saturated rings. The highest BCUT2D eigenvalue weighted by Gasteiger charge is 2.12. The predicted molar refractivity (Wildman–Crippen MR) is 70.0 cm³/mol. The van der Waals surface area contributed by atoms with E-state index in [0.717, 1.165) is 27.3 Å². The van der Waals surface area contributed by atoms with E-state index in [9.17, 15) is 0 Å². The Morgan fingerprint density at radius 1 is 1.38 bits per heavy atom. The first-order valence-corrected chi connectivity index (χ1v) is 6.81. The Hall–Kier alpha value is -0.520. The Balaban J connectivity index is 2.54. The van der Waals surface area contributed by atoms with E-state index in [1.807, 2.05) is 19.2 Å². The van der Waals surface area contributed by atoms with E-state index in [-0.39, 0.29) is 0 Å². The zero-order valence-corrected chi connectivity index (χ0v) is 11.9. The molecule has 16 heavy (non-hydrogen) atoms. The summed E-state index contributed by atoms with van der Waals surface area (Å²) < 4.78 is 0.771. The Bertz CT molecular complexity index is 527. The molecule has 6 heteroatoms. The second-order valence-corrected chi connectivity index (χ2v) is 5.42. The van der Waals surface area contributed by atoms with Crippen LogP contribution in [0.2, 0.25) is 5.15 Å². The van der Waals surface area contributed by atoms with E-state index in [4.69, 9.17) is 11.6 Å². The van der Waals surface area contributed by atoms with Gasteiger partial charge >= 0.3 is 0 Å². The minimum absolute atomic E-state index is 0.438. The summed E-state index contributed by atoms with van der Waals surface area (Å²) in [7, 11) is 0. The topological polar surface area (TPSA) is 38.7 Å². The summed E-state index contributed by atoms with van der Waals surface area (Å²) in [5.41, 5.74) is 1.69. The minimum atomic E-state index is 0.438. The fraction of sp³-hybridized carbons (Fsp3) is 0.300. The normalized spacial score (nSPS) is 10.8. The second kappa shape index (κ2) is 4.77. The van der Waals surface area contributed by atoms with Crippen LogP contribution in [0.5, 0.6) is 0 Å². The summed E-state index contributed by atoms with van der Waals surface area (Å²) in [5, 5.41) is 3.37. The van der Waals surface area contributed by atoms with Gasteiger partial charge in [0.15, 0.2) is 5.82 Å². The first kappa shape index (κ1) is 12.0. The fourth-order valence-electron chi connectivity index (χ4n) is 1.28. The predicted octanol–water partition coefficient (Wildman–Crippen LogP) is 3.89. The SMILES string of the molecule is CCc1nc(-c2csc(C)n2)nc(Cl)c1Br. The van der Waals surface area contributed by atoms with Crippen LogP contribution in [0.15, 0.2) is 9.85 Å². The monoisotopic (exact) mass is 317 g/mol. The summed E-state index contributed by atoms with van der Waals surface area (Å²) in [6.45, 7) is 3.98. The summed E-state index contributed by atoms with van der Waals surface area (Å²) in [6, 6.07) is 0. The number of hydrogen-bond donors (Lipinski definition) is 0. The maximum Gasteiger partial charge on any atom is 0.180 e. The van der Waals surface area contributed by atoms with Crippen molar-refractivity contribution in [2.24, 2.45) is 0 Å². The standard InChI is InChI=1S/C10H9BrClN3S/c1-3-6-8(11)9(12)15-10(14-6)7-4-16-5(2)13-7/h4H,3H2,1-2H3. The van der Waals surface area contributed by atoms with Gasteiger partial charge in [-0.1, -0.05) is 18.5 Å². The first-order valence-electron chi connectivity index (χ1n) is 4.76. The van der Waals surface area contributed by atoms with Crippen LogP contribution in [0, 0.1) is 6.92 Å². The average Bonchev–Trinajstić information content (AvgIpc) is 2.69. The van der Waals surface area contributed by atoms with Crippen LogP contribution in [0.1, 0.15) is 17.6 Å². The van der Waals surface area contributed by atoms with E-state index >= 15 is 0 Å². The summed E-state index contributed by atoms with van der Waals surface area (Å²) in [5.74, 6) is 0.592. The lowest BCUT2D eigenvalue weighted by molar-refractivity contribution is 0.985. The molecule has 0 bridgehead atoms. The van der Waals surface area contributed by atoms with Gasteiger partial charge in [0.05, 0.1) is 15.2 Å². The Labute approximate surface area is 111 Å². The molecule has 0 N–H and O–H groups in total. The van der Waals surface area contributed by atoms with Crippen molar-refractivity contribution in [1.82, 2.24) is 15.0 Å². The maximum atomic E-state index is 6.03. The number of aryl methyl sites for hydroxylation is 2. The zero-order valence-electron chi connectivity index (χ0n) is 8.79. The zero-order chi connectivity index (χ0) is 11.7. The van der Waals surface area contributed by atoms with Gasteiger partial charge in [0, 0.05) is 5.38 Å². The molecule has 0 aromatic carbocycles. The third kappa shape index (κ3) is 2.26. The van der Waals surface area contributed by atoms with Gasteiger partial charge in [-0.2, -0.15) is 0 Å². The van der Waals surface area contributed by atoms with Crippen LogP contribution in [0.25, 0.3) is 11.5 Å². The first-order chi connectivity index (χ1) is 7.61. The Morgan fingerprint density at radius 2 is 2.12 bits per heavy atom. The smallest absolute Gasteiger partial charge is 0.180 e. The summed E-state index contributed by atoms with van der Waals surface area (Å²) >= 11 is 11.0. The molecule has 0 unspecified atom stereocenters. The van der Waals surface area contributed by atoms with Crippen molar-refractivity contribution in [1.29, 1.82) is 0 Å². The summed E-state index contributed by atoms with van der Waals surface area (Å²) in [4.78, 5) is 13.0. The van der Waals surface area contributed by atoms with Crippen molar-refractivity contribution in [3.05, 3.63) is 25.7 Å². The number of aromatic nitrogens is 3. The van der Waals surface area contributed by atoms with Crippen molar-refractivity contribution in [3.63, 3.8) is 0 Å². The third-order valence-electron chi connectivity index (χ3n) is 2.06. The molecule has 0 radical (unpaired) electrons. The minimum Gasteiger partial charge on any atom is -0.238 e. The lowest BCUT2D eigenvalue weighted by Gasteiger charge is -2.04. The number of hydrogen-bond acceptors (Lipinski definition) is 4. The second-order valence-electron chi connectivity index (χ2n) is 3.20. The molecule has 2 rings (SSSR count). The molecular weight excluding hydrogens is 310 g/mol. The molecule has 0 spiro atoms. The lowest BCUT2D eigenvalue weighted by Crippen LogP contribution is -1.97. The average molecular weight is 319 g/mol. The molecular formula is C10H9BrClN3S. The molecule has 84 valence electrons. The van der Waals surface area contributed by atoms with Crippen molar-refractivity contribution in [2.45, 2.75) is 20.3 Å². The van der Waals surface area contributed by atoms with Gasteiger partial charge in [0.2, 0.25) is 0 Å². The largest absolute Gasteiger partial charge is 0.238 e. The third-order valence-corrected chi connectivity index (χ3v) is 4.17. The number of nitrogens with zero attached hydrogens (tertiary/aromatic N) is 3. The van der Waals surface area contributed by atoms with E-state index < -0.39 is 0 Å². The molecule has 2 aromatic rings. The maximum absolute atomic E-state index is 6.03. The van der Waals surface area contributed by atoms with Crippen LogP contribution in [0.4, 0.5) is 0 Å². The highest BCUT2D eigenvalue weighted by Crippen LogP contribution is 2.27. The molecule has 0 atom stereocenters. The molecule has 0 aliphatic rings. The Morgan fingerprint density at radius 3 is 2.69 bits per heavy atom. The van der Waals surface area contributed by atoms with Gasteiger partial charge in [-0.05, 0) is 29.3 Å². The van der Waals surface area contributed by atoms with E-state index in [1.165, 1.54) is 0 Å².